The van der Waals surface area contributed by atoms with Crippen molar-refractivity contribution in [3.8, 4) is 10.6 Å². The molecular formula is C10H7ClFNS. The van der Waals surface area contributed by atoms with Crippen LogP contribution < -0.4 is 0 Å². The van der Waals surface area contributed by atoms with Crippen LogP contribution in [-0.2, 0) is 0 Å². The summed E-state index contributed by atoms with van der Waals surface area (Å²) in [7, 11) is 0. The first-order valence-corrected chi connectivity index (χ1v) is 5.30. The molecule has 1 nitrogen and oxygen atoms in total. The minimum absolute atomic E-state index is 0.141. The van der Waals surface area contributed by atoms with Crippen LogP contribution in [0.2, 0.25) is 5.02 Å². The summed E-state index contributed by atoms with van der Waals surface area (Å²) < 4.78 is 13.1. The van der Waals surface area contributed by atoms with Crippen molar-refractivity contribution in [1.82, 2.24) is 4.98 Å². The van der Waals surface area contributed by atoms with Gasteiger partial charge in [-0.1, -0.05) is 17.7 Å². The van der Waals surface area contributed by atoms with Crippen molar-refractivity contribution >= 4 is 22.9 Å². The minimum Gasteiger partial charge on any atom is -0.241 e. The third-order valence-electron chi connectivity index (χ3n) is 1.79. The number of halogens is 2. The van der Waals surface area contributed by atoms with Crippen LogP contribution in [0.4, 0.5) is 4.39 Å². The second-order valence-electron chi connectivity index (χ2n) is 2.92. The van der Waals surface area contributed by atoms with E-state index in [1.165, 1.54) is 17.4 Å². The van der Waals surface area contributed by atoms with Gasteiger partial charge in [0.05, 0.1) is 5.02 Å². The number of benzene rings is 1. The number of hydrogen-bond acceptors (Lipinski definition) is 2. The molecule has 0 radical (unpaired) electrons. The van der Waals surface area contributed by atoms with E-state index < -0.39 is 5.82 Å². The maximum Gasteiger partial charge on any atom is 0.142 e. The highest BCUT2D eigenvalue weighted by molar-refractivity contribution is 7.13. The second kappa shape index (κ2) is 3.67. The third-order valence-corrected chi connectivity index (χ3v) is 3.10. The topological polar surface area (TPSA) is 12.9 Å². The number of hydrogen-bond donors (Lipinski definition) is 0. The molecule has 2 aromatic rings. The van der Waals surface area contributed by atoms with Crippen LogP contribution in [-0.4, -0.2) is 4.98 Å². The maximum absolute atomic E-state index is 13.1. The molecule has 1 heterocycles. The van der Waals surface area contributed by atoms with E-state index in [4.69, 9.17) is 11.6 Å². The van der Waals surface area contributed by atoms with Crippen molar-refractivity contribution < 1.29 is 4.39 Å². The van der Waals surface area contributed by atoms with E-state index >= 15 is 0 Å². The number of nitrogens with zero attached hydrogens (tertiary/aromatic N) is 1. The summed E-state index contributed by atoms with van der Waals surface area (Å²) in [6.45, 7) is 1.91. The van der Waals surface area contributed by atoms with Gasteiger partial charge in [0, 0.05) is 16.6 Å². The molecule has 0 fully saturated rings. The molecule has 72 valence electrons. The van der Waals surface area contributed by atoms with E-state index in [9.17, 15) is 4.39 Å². The fourth-order valence-corrected chi connectivity index (χ4v) is 2.03. The summed E-state index contributed by atoms with van der Waals surface area (Å²) in [6, 6.07) is 4.72. The van der Waals surface area contributed by atoms with Gasteiger partial charge in [-0.15, -0.1) is 11.3 Å². The molecule has 0 unspecified atom stereocenters. The number of aryl methyl sites for hydroxylation is 1. The normalized spacial score (nSPS) is 10.5. The quantitative estimate of drug-likeness (QED) is 0.720. The van der Waals surface area contributed by atoms with Crippen LogP contribution in [0.25, 0.3) is 10.6 Å². The Morgan fingerprint density at radius 3 is 2.79 bits per heavy atom. The molecule has 0 aliphatic heterocycles. The summed E-state index contributed by atoms with van der Waals surface area (Å²) in [5.74, 6) is -0.406. The molecule has 0 saturated heterocycles. The highest BCUT2D eigenvalue weighted by atomic mass is 35.5. The lowest BCUT2D eigenvalue weighted by Crippen LogP contribution is -1.81. The van der Waals surface area contributed by atoms with Crippen molar-refractivity contribution in [3.05, 3.63) is 40.1 Å². The van der Waals surface area contributed by atoms with Gasteiger partial charge in [-0.05, 0) is 19.1 Å². The lowest BCUT2D eigenvalue weighted by molar-refractivity contribution is 0.629. The third kappa shape index (κ3) is 1.79. The smallest absolute Gasteiger partial charge is 0.142 e. The summed E-state index contributed by atoms with van der Waals surface area (Å²) in [5, 5.41) is 2.89. The molecule has 0 aliphatic carbocycles. The second-order valence-corrected chi connectivity index (χ2v) is 4.19. The molecule has 4 heteroatoms. The van der Waals surface area contributed by atoms with Gasteiger partial charge < -0.3 is 0 Å². The molecule has 14 heavy (non-hydrogen) atoms. The van der Waals surface area contributed by atoms with Gasteiger partial charge >= 0.3 is 0 Å². The van der Waals surface area contributed by atoms with Crippen molar-refractivity contribution in [1.29, 1.82) is 0 Å². The largest absolute Gasteiger partial charge is 0.241 e. The van der Waals surface area contributed by atoms with Gasteiger partial charge in [0.2, 0.25) is 0 Å². The Morgan fingerprint density at radius 2 is 2.21 bits per heavy atom. The standard InChI is InChI=1S/C10H7ClFNS/c1-6-5-14-10(13-6)7-2-3-8(11)9(12)4-7/h2-5H,1H3. The molecule has 0 atom stereocenters. The van der Waals surface area contributed by atoms with Crippen molar-refractivity contribution in [2.45, 2.75) is 6.92 Å². The van der Waals surface area contributed by atoms with E-state index in [2.05, 4.69) is 4.98 Å². The molecule has 0 spiro atoms. The van der Waals surface area contributed by atoms with Crippen LogP contribution in [0.5, 0.6) is 0 Å². The maximum atomic E-state index is 13.1. The zero-order valence-corrected chi connectivity index (χ0v) is 8.99. The fraction of sp³-hybridized carbons (Fsp3) is 0.100. The molecule has 1 aromatic carbocycles. The monoisotopic (exact) mass is 227 g/mol. The SMILES string of the molecule is Cc1csc(-c2ccc(Cl)c(F)c2)n1. The number of rotatable bonds is 1. The average Bonchev–Trinajstić information content (AvgIpc) is 2.57. The predicted octanol–water partition coefficient (Wildman–Crippen LogP) is 3.91. The lowest BCUT2D eigenvalue weighted by Gasteiger charge is -1.97. The Hall–Kier alpha value is -0.930. The first-order valence-electron chi connectivity index (χ1n) is 4.04. The van der Waals surface area contributed by atoms with Gasteiger partial charge in [0.1, 0.15) is 10.8 Å². The zero-order chi connectivity index (χ0) is 10.1. The Kier molecular flexibility index (Phi) is 2.52. The lowest BCUT2D eigenvalue weighted by atomic mass is 10.2. The fourth-order valence-electron chi connectivity index (χ4n) is 1.12. The molecule has 0 bridgehead atoms. The van der Waals surface area contributed by atoms with Crippen molar-refractivity contribution in [2.24, 2.45) is 0 Å². The van der Waals surface area contributed by atoms with Crippen LogP contribution in [0.15, 0.2) is 23.6 Å². The van der Waals surface area contributed by atoms with Crippen LogP contribution in [0, 0.1) is 12.7 Å². The highest BCUT2D eigenvalue weighted by Crippen LogP contribution is 2.26. The van der Waals surface area contributed by atoms with E-state index in [1.807, 2.05) is 12.3 Å². The minimum atomic E-state index is -0.406. The molecule has 0 amide bonds. The zero-order valence-electron chi connectivity index (χ0n) is 7.42. The van der Waals surface area contributed by atoms with Gasteiger partial charge in [-0.25, -0.2) is 9.37 Å². The number of thiazole rings is 1. The Balaban J connectivity index is 2.47. The Bertz CT molecular complexity index is 467. The van der Waals surface area contributed by atoms with Gasteiger partial charge in [0.25, 0.3) is 0 Å². The van der Waals surface area contributed by atoms with Gasteiger partial charge in [-0.2, -0.15) is 0 Å². The van der Waals surface area contributed by atoms with E-state index in [0.717, 1.165) is 16.3 Å². The number of aromatic nitrogens is 1. The van der Waals surface area contributed by atoms with Crippen molar-refractivity contribution in [2.75, 3.05) is 0 Å². The van der Waals surface area contributed by atoms with Crippen LogP contribution >= 0.6 is 22.9 Å². The molecular weight excluding hydrogens is 221 g/mol. The van der Waals surface area contributed by atoms with Crippen LogP contribution in [0.3, 0.4) is 0 Å². The molecule has 1 aromatic heterocycles. The Morgan fingerprint density at radius 1 is 1.43 bits per heavy atom. The molecule has 0 aliphatic rings. The first kappa shape index (κ1) is 9.62. The van der Waals surface area contributed by atoms with E-state index in [0.29, 0.717) is 0 Å². The summed E-state index contributed by atoms with van der Waals surface area (Å²) >= 11 is 7.08. The first-order chi connectivity index (χ1) is 6.66. The highest BCUT2D eigenvalue weighted by Gasteiger charge is 2.05. The molecule has 0 saturated carbocycles. The summed E-state index contributed by atoms with van der Waals surface area (Å²) in [5.41, 5.74) is 1.71. The average molecular weight is 228 g/mol. The Labute approximate surface area is 90.2 Å². The van der Waals surface area contributed by atoms with E-state index in [1.54, 1.807) is 12.1 Å². The molecule has 0 N–H and O–H groups in total. The van der Waals surface area contributed by atoms with Gasteiger partial charge in [0.15, 0.2) is 0 Å². The molecule has 2 rings (SSSR count). The van der Waals surface area contributed by atoms with Gasteiger partial charge in [-0.3, -0.25) is 0 Å². The summed E-state index contributed by atoms with van der Waals surface area (Å²) in [4.78, 5) is 4.26. The van der Waals surface area contributed by atoms with Crippen molar-refractivity contribution in [3.63, 3.8) is 0 Å². The van der Waals surface area contributed by atoms with Crippen LogP contribution in [0.1, 0.15) is 5.69 Å². The van der Waals surface area contributed by atoms with E-state index in [-0.39, 0.29) is 5.02 Å². The summed E-state index contributed by atoms with van der Waals surface area (Å²) in [6.07, 6.45) is 0. The predicted molar refractivity (Wildman–Crippen MR) is 57.3 cm³/mol.